The summed E-state index contributed by atoms with van der Waals surface area (Å²) in [4.78, 5) is 5.23. The summed E-state index contributed by atoms with van der Waals surface area (Å²) in [7, 11) is -3.84. The van der Waals surface area contributed by atoms with Crippen LogP contribution in [0.15, 0.2) is 82.7 Å². The molecule has 1 unspecified atom stereocenters. The molecule has 188 valence electrons. The highest BCUT2D eigenvalue weighted by molar-refractivity contribution is 7.93. The third-order valence-electron chi connectivity index (χ3n) is 5.77. The molecule has 36 heavy (non-hydrogen) atoms. The van der Waals surface area contributed by atoms with E-state index in [1.165, 1.54) is 17.3 Å². The fourth-order valence-corrected chi connectivity index (χ4v) is 5.79. The molecule has 0 spiro atoms. The molecule has 9 nitrogen and oxygen atoms in total. The smallest absolute Gasteiger partial charge is 0.243 e. The van der Waals surface area contributed by atoms with Crippen molar-refractivity contribution in [2.75, 3.05) is 18.2 Å². The second kappa shape index (κ2) is 10.2. The number of benzene rings is 2. The number of nitrogens with one attached hydrogen (secondary N) is 2. The Bertz CT molecular complexity index is 1390. The molecule has 0 amide bonds. The van der Waals surface area contributed by atoms with E-state index in [4.69, 9.17) is 38.0 Å². The van der Waals surface area contributed by atoms with Crippen molar-refractivity contribution in [1.82, 2.24) is 15.3 Å². The molecule has 1 atom stereocenters. The van der Waals surface area contributed by atoms with E-state index in [2.05, 4.69) is 10.2 Å². The van der Waals surface area contributed by atoms with Gasteiger partial charge in [0.2, 0.25) is 10.0 Å². The molecule has 3 aliphatic heterocycles. The molecule has 2 aromatic carbocycles. The van der Waals surface area contributed by atoms with Gasteiger partial charge in [0.1, 0.15) is 16.4 Å². The molecule has 0 fully saturated rings. The average Bonchev–Trinajstić information content (AvgIpc) is 3.51. The Morgan fingerprint density at radius 2 is 2.03 bits per heavy atom. The number of hydrazone groups is 1. The van der Waals surface area contributed by atoms with Gasteiger partial charge in [0, 0.05) is 17.6 Å². The highest BCUT2D eigenvalue weighted by Crippen LogP contribution is 2.40. The molecule has 5 rings (SSSR count). The highest BCUT2D eigenvalue weighted by Gasteiger charge is 2.33. The Kier molecular flexibility index (Phi) is 6.96. The number of fused-ring (bicyclic) bond motifs is 1. The molecular weight excluding hydrogens is 525 g/mol. The molecule has 3 aliphatic rings. The Balaban J connectivity index is 1.39. The van der Waals surface area contributed by atoms with E-state index in [0.717, 1.165) is 11.3 Å². The quantitative estimate of drug-likeness (QED) is 0.497. The standard InChI is InChI=1S/C24H23Cl2N5O4S/c1-2-34-19-8-5-16(6-9-19)22-13-18(29-31(22)21-10-7-17(25)12-20(21)26)14-28-36(32,33)24-4-3-11-30-23(24)15-27-35-30/h3-12,15,22,27-28H,2,13-14H2,1H3. The van der Waals surface area contributed by atoms with Gasteiger partial charge >= 0.3 is 0 Å². The monoisotopic (exact) mass is 547 g/mol. The number of ether oxygens (including phenoxy) is 1. The van der Waals surface area contributed by atoms with Gasteiger partial charge in [0.05, 0.1) is 41.8 Å². The predicted octanol–water partition coefficient (Wildman–Crippen LogP) is 4.62. The molecule has 0 saturated carbocycles. The van der Waals surface area contributed by atoms with Crippen molar-refractivity contribution in [2.24, 2.45) is 5.10 Å². The molecule has 12 heteroatoms. The van der Waals surface area contributed by atoms with Gasteiger partial charge in [-0.25, -0.2) is 23.7 Å². The maximum absolute atomic E-state index is 13.1. The van der Waals surface area contributed by atoms with Crippen LogP contribution in [0, 0.1) is 0 Å². The Hall–Kier alpha value is -3.02. The molecule has 0 bridgehead atoms. The summed E-state index contributed by atoms with van der Waals surface area (Å²) in [5, 5.41) is 8.86. The fraction of sp³-hybridized carbons (Fsp3) is 0.208. The molecule has 0 saturated heterocycles. The van der Waals surface area contributed by atoms with E-state index < -0.39 is 10.0 Å². The zero-order valence-electron chi connectivity index (χ0n) is 19.2. The molecule has 3 heterocycles. The van der Waals surface area contributed by atoms with Gasteiger partial charge in [-0.05, 0) is 55.0 Å². The number of hydroxylamine groups is 3. The van der Waals surface area contributed by atoms with Crippen LogP contribution in [0.5, 0.6) is 5.75 Å². The minimum absolute atomic E-state index is 0.0280. The lowest BCUT2D eigenvalue weighted by atomic mass is 10.0. The normalized spacial score (nSPS) is 19.0. The van der Waals surface area contributed by atoms with Gasteiger partial charge in [-0.15, -0.1) is 0 Å². The Morgan fingerprint density at radius 1 is 1.22 bits per heavy atom. The van der Waals surface area contributed by atoms with E-state index in [1.807, 2.05) is 31.2 Å². The average molecular weight is 548 g/mol. The third-order valence-corrected chi connectivity index (χ3v) is 7.75. The summed E-state index contributed by atoms with van der Waals surface area (Å²) in [6.45, 7) is 2.53. The topological polar surface area (TPSA) is 95.5 Å². The van der Waals surface area contributed by atoms with Crippen LogP contribution in [0.4, 0.5) is 5.69 Å². The van der Waals surface area contributed by atoms with Crippen molar-refractivity contribution < 1.29 is 18.1 Å². The van der Waals surface area contributed by atoms with Gasteiger partial charge < -0.3 is 4.74 Å². The second-order valence-electron chi connectivity index (χ2n) is 8.09. The summed E-state index contributed by atoms with van der Waals surface area (Å²) in [5.74, 6) is 0.771. The minimum Gasteiger partial charge on any atom is -0.494 e. The van der Waals surface area contributed by atoms with Crippen LogP contribution in [0.1, 0.15) is 24.9 Å². The first-order valence-electron chi connectivity index (χ1n) is 11.2. The number of halogens is 2. The first kappa shape index (κ1) is 24.7. The van der Waals surface area contributed by atoms with Gasteiger partial charge in [-0.3, -0.25) is 5.01 Å². The lowest BCUT2D eigenvalue weighted by Gasteiger charge is -2.25. The number of rotatable bonds is 8. The van der Waals surface area contributed by atoms with Gasteiger partial charge in [-0.2, -0.15) is 10.0 Å². The lowest BCUT2D eigenvalue weighted by molar-refractivity contribution is -0.112. The van der Waals surface area contributed by atoms with Crippen molar-refractivity contribution in [3.63, 3.8) is 0 Å². The summed E-state index contributed by atoms with van der Waals surface area (Å²) in [6, 6.07) is 12.8. The summed E-state index contributed by atoms with van der Waals surface area (Å²) in [5.41, 5.74) is 5.26. The van der Waals surface area contributed by atoms with E-state index in [0.29, 0.717) is 40.2 Å². The van der Waals surface area contributed by atoms with E-state index >= 15 is 0 Å². The summed E-state index contributed by atoms with van der Waals surface area (Å²) in [6.07, 6.45) is 6.70. The summed E-state index contributed by atoms with van der Waals surface area (Å²) < 4.78 is 34.4. The van der Waals surface area contributed by atoms with Gasteiger partial charge in [-0.1, -0.05) is 35.3 Å². The number of allylic oxidation sites excluding steroid dienone is 2. The van der Waals surface area contributed by atoms with E-state index in [-0.39, 0.29) is 17.5 Å². The van der Waals surface area contributed by atoms with Crippen molar-refractivity contribution in [3.8, 4) is 5.75 Å². The van der Waals surface area contributed by atoms with Gasteiger partial charge in [0.15, 0.2) is 0 Å². The SMILES string of the molecule is CCOc1ccc(C2CC(CNS(=O)(=O)C3=CC=CN4ONC=C34)=NN2c2ccc(Cl)cc2Cl)cc1. The zero-order chi connectivity index (χ0) is 25.3. The van der Waals surface area contributed by atoms with Crippen LogP contribution < -0.4 is 19.9 Å². The van der Waals surface area contributed by atoms with Crippen molar-refractivity contribution in [3.05, 3.63) is 93.2 Å². The largest absolute Gasteiger partial charge is 0.494 e. The van der Waals surface area contributed by atoms with E-state index in [9.17, 15) is 8.42 Å². The first-order chi connectivity index (χ1) is 17.4. The third kappa shape index (κ3) is 4.95. The van der Waals surface area contributed by atoms with Crippen molar-refractivity contribution >= 4 is 44.6 Å². The number of hydrogen-bond acceptors (Lipinski definition) is 8. The molecule has 0 radical (unpaired) electrons. The Labute approximate surface area is 219 Å². The number of anilines is 1. The highest BCUT2D eigenvalue weighted by atomic mass is 35.5. The summed E-state index contributed by atoms with van der Waals surface area (Å²) >= 11 is 12.6. The first-order valence-corrected chi connectivity index (χ1v) is 13.4. The number of nitrogens with zero attached hydrogens (tertiary/aromatic N) is 3. The molecular formula is C24H23Cl2N5O4S. The molecule has 2 aromatic rings. The van der Waals surface area contributed by atoms with E-state index in [1.54, 1.807) is 35.5 Å². The van der Waals surface area contributed by atoms with Gasteiger partial charge in [0.25, 0.3) is 0 Å². The van der Waals surface area contributed by atoms with Crippen LogP contribution in [-0.4, -0.2) is 32.3 Å². The van der Waals surface area contributed by atoms with Crippen molar-refractivity contribution in [1.29, 1.82) is 0 Å². The van der Waals surface area contributed by atoms with Crippen LogP contribution >= 0.6 is 23.2 Å². The Morgan fingerprint density at radius 3 is 2.78 bits per heavy atom. The van der Waals surface area contributed by atoms with Crippen LogP contribution in [0.3, 0.4) is 0 Å². The van der Waals surface area contributed by atoms with Crippen molar-refractivity contribution in [2.45, 2.75) is 19.4 Å². The van der Waals surface area contributed by atoms with Crippen LogP contribution in [0.25, 0.3) is 0 Å². The number of sulfonamides is 1. The second-order valence-corrected chi connectivity index (χ2v) is 10.7. The zero-order valence-corrected chi connectivity index (χ0v) is 21.5. The molecule has 0 aromatic heterocycles. The number of hydrogen-bond donors (Lipinski definition) is 2. The maximum Gasteiger partial charge on any atom is 0.243 e. The van der Waals surface area contributed by atoms with Crippen LogP contribution in [-0.2, 0) is 15.0 Å². The fourth-order valence-electron chi connectivity index (χ4n) is 4.10. The molecule has 2 N–H and O–H groups in total. The lowest BCUT2D eigenvalue weighted by Crippen LogP contribution is -2.32. The molecule has 0 aliphatic carbocycles. The predicted molar refractivity (Wildman–Crippen MR) is 140 cm³/mol. The maximum atomic E-state index is 13.1. The van der Waals surface area contributed by atoms with Crippen LogP contribution in [0.2, 0.25) is 10.0 Å². The minimum atomic E-state index is -3.84.